The van der Waals surface area contributed by atoms with Gasteiger partial charge in [-0.3, -0.25) is 4.79 Å². The molecule has 0 saturated heterocycles. The van der Waals surface area contributed by atoms with Gasteiger partial charge in [0.2, 0.25) is 0 Å². The van der Waals surface area contributed by atoms with Crippen LogP contribution in [0.15, 0.2) is 53.4 Å². The minimum atomic E-state index is -3.68. The van der Waals surface area contributed by atoms with Gasteiger partial charge < -0.3 is 0 Å². The van der Waals surface area contributed by atoms with Crippen LogP contribution in [0.5, 0.6) is 0 Å². The van der Waals surface area contributed by atoms with E-state index in [-0.39, 0.29) is 10.5 Å². The first-order valence-electron chi connectivity index (χ1n) is 5.34. The van der Waals surface area contributed by atoms with E-state index in [2.05, 4.69) is 0 Å². The van der Waals surface area contributed by atoms with Gasteiger partial charge in [0.05, 0.1) is 5.56 Å². The van der Waals surface area contributed by atoms with Gasteiger partial charge in [-0.25, -0.2) is 13.1 Å². The molecule has 4 nitrogen and oxygen atoms in total. The van der Waals surface area contributed by atoms with Crippen LogP contribution in [0.25, 0.3) is 11.1 Å². The van der Waals surface area contributed by atoms with Crippen LogP contribution >= 0.6 is 0 Å². The van der Waals surface area contributed by atoms with E-state index in [0.29, 0.717) is 0 Å². The van der Waals surface area contributed by atoms with E-state index >= 15 is 0 Å². The zero-order valence-corrected chi connectivity index (χ0v) is 10.1. The topological polar surface area (TPSA) is 63.2 Å². The molecule has 0 unspecified atom stereocenters. The Balaban J connectivity index is 2.22. The van der Waals surface area contributed by atoms with Gasteiger partial charge in [0, 0.05) is 0 Å². The number of hydrogen-bond donors (Lipinski definition) is 1. The summed E-state index contributed by atoms with van der Waals surface area (Å²) in [7, 11) is -3.68. The molecule has 1 N–H and O–H groups in total. The van der Waals surface area contributed by atoms with Crippen molar-refractivity contribution >= 4 is 15.9 Å². The van der Waals surface area contributed by atoms with Crippen LogP contribution in [0.4, 0.5) is 0 Å². The Labute approximate surface area is 104 Å². The highest BCUT2D eigenvalue weighted by Crippen LogP contribution is 2.28. The molecule has 0 radical (unpaired) electrons. The average molecular weight is 259 g/mol. The Bertz CT molecular complexity index is 736. The quantitative estimate of drug-likeness (QED) is 0.849. The third-order valence-electron chi connectivity index (χ3n) is 2.85. The van der Waals surface area contributed by atoms with Crippen LogP contribution in [0.1, 0.15) is 10.4 Å². The molecule has 5 heteroatoms. The van der Waals surface area contributed by atoms with Crippen LogP contribution in [0.3, 0.4) is 0 Å². The molecule has 90 valence electrons. The van der Waals surface area contributed by atoms with Crippen LogP contribution in [0.2, 0.25) is 0 Å². The number of carbonyl (C=O) groups excluding carboxylic acids is 1. The second kappa shape index (κ2) is 3.68. The average Bonchev–Trinajstić information content (AvgIpc) is 2.61. The second-order valence-corrected chi connectivity index (χ2v) is 5.66. The maximum absolute atomic E-state index is 11.7. The summed E-state index contributed by atoms with van der Waals surface area (Å²) in [5, 5.41) is 0. The summed E-state index contributed by atoms with van der Waals surface area (Å²) in [5.41, 5.74) is 1.89. The number of rotatable bonds is 1. The Morgan fingerprint density at radius 2 is 1.61 bits per heavy atom. The molecule has 1 heterocycles. The summed E-state index contributed by atoms with van der Waals surface area (Å²) in [6.45, 7) is 0. The first kappa shape index (κ1) is 11.0. The fraction of sp³-hybridized carbons (Fsp3) is 0. The van der Waals surface area contributed by atoms with Crippen LogP contribution in [-0.2, 0) is 10.0 Å². The molecule has 0 saturated carbocycles. The first-order chi connectivity index (χ1) is 8.58. The van der Waals surface area contributed by atoms with E-state index in [1.165, 1.54) is 12.1 Å². The van der Waals surface area contributed by atoms with Crippen molar-refractivity contribution in [1.82, 2.24) is 4.72 Å². The zero-order valence-electron chi connectivity index (χ0n) is 9.25. The van der Waals surface area contributed by atoms with Gasteiger partial charge in [-0.1, -0.05) is 36.4 Å². The standard InChI is InChI=1S/C13H9NO3S/c15-13-11-7-6-10(9-4-2-1-3-5-9)8-12(11)18(16,17)14-13/h1-8H,(H,14,15). The molecule has 0 fully saturated rings. The summed E-state index contributed by atoms with van der Waals surface area (Å²) in [6, 6.07) is 14.2. The van der Waals surface area contributed by atoms with E-state index in [9.17, 15) is 13.2 Å². The molecule has 2 aromatic carbocycles. The second-order valence-electron chi connectivity index (χ2n) is 4.01. The van der Waals surface area contributed by atoms with E-state index in [4.69, 9.17) is 0 Å². The van der Waals surface area contributed by atoms with Gasteiger partial charge in [0.1, 0.15) is 4.90 Å². The highest BCUT2D eigenvalue weighted by Gasteiger charge is 2.32. The number of sulfonamides is 1. The minimum Gasteiger partial charge on any atom is -0.268 e. The fourth-order valence-corrected chi connectivity index (χ4v) is 3.17. The molecular formula is C13H9NO3S. The highest BCUT2D eigenvalue weighted by atomic mass is 32.2. The Hall–Kier alpha value is -2.14. The van der Waals surface area contributed by atoms with E-state index in [1.54, 1.807) is 6.07 Å². The summed E-state index contributed by atoms with van der Waals surface area (Å²) in [5.74, 6) is -0.565. The van der Waals surface area contributed by atoms with Crippen molar-refractivity contribution in [2.75, 3.05) is 0 Å². The number of benzene rings is 2. The molecule has 0 aromatic heterocycles. The van der Waals surface area contributed by atoms with Gasteiger partial charge >= 0.3 is 0 Å². The number of nitrogens with one attached hydrogen (secondary N) is 1. The molecule has 1 amide bonds. The molecular weight excluding hydrogens is 250 g/mol. The predicted molar refractivity (Wildman–Crippen MR) is 66.5 cm³/mol. The molecule has 2 aromatic rings. The summed E-state index contributed by atoms with van der Waals surface area (Å²) in [4.78, 5) is 11.5. The van der Waals surface area contributed by atoms with Crippen molar-refractivity contribution in [1.29, 1.82) is 0 Å². The molecule has 1 aliphatic heterocycles. The third kappa shape index (κ3) is 1.60. The maximum atomic E-state index is 11.7. The molecule has 3 rings (SSSR count). The van der Waals surface area contributed by atoms with E-state index < -0.39 is 15.9 Å². The fourth-order valence-electron chi connectivity index (χ4n) is 1.97. The van der Waals surface area contributed by atoms with Gasteiger partial charge in [0.15, 0.2) is 0 Å². The Morgan fingerprint density at radius 1 is 0.889 bits per heavy atom. The van der Waals surface area contributed by atoms with Crippen molar-refractivity contribution < 1.29 is 13.2 Å². The number of fused-ring (bicyclic) bond motifs is 1. The Kier molecular flexibility index (Phi) is 2.24. The van der Waals surface area contributed by atoms with Gasteiger partial charge in [-0.2, -0.15) is 0 Å². The van der Waals surface area contributed by atoms with Gasteiger partial charge in [-0.15, -0.1) is 0 Å². The Morgan fingerprint density at radius 3 is 2.33 bits per heavy atom. The molecule has 18 heavy (non-hydrogen) atoms. The summed E-state index contributed by atoms with van der Waals surface area (Å²) < 4.78 is 25.4. The normalized spacial score (nSPS) is 16.1. The smallest absolute Gasteiger partial charge is 0.266 e. The van der Waals surface area contributed by atoms with E-state index in [1.807, 2.05) is 35.1 Å². The van der Waals surface area contributed by atoms with Crippen molar-refractivity contribution in [2.45, 2.75) is 4.90 Å². The highest BCUT2D eigenvalue weighted by molar-refractivity contribution is 7.90. The van der Waals surface area contributed by atoms with Crippen molar-refractivity contribution in [3.05, 3.63) is 54.1 Å². The number of carbonyl (C=O) groups is 1. The zero-order chi connectivity index (χ0) is 12.8. The maximum Gasteiger partial charge on any atom is 0.266 e. The molecule has 0 bridgehead atoms. The SMILES string of the molecule is O=C1NS(=O)(=O)c2cc(-c3ccccc3)ccc21. The molecule has 0 spiro atoms. The van der Waals surface area contributed by atoms with Crippen molar-refractivity contribution in [3.63, 3.8) is 0 Å². The lowest BCUT2D eigenvalue weighted by Gasteiger charge is -2.03. The van der Waals surface area contributed by atoms with E-state index in [0.717, 1.165) is 11.1 Å². The lowest BCUT2D eigenvalue weighted by molar-refractivity contribution is 0.0985. The van der Waals surface area contributed by atoms with Crippen LogP contribution < -0.4 is 4.72 Å². The largest absolute Gasteiger partial charge is 0.268 e. The third-order valence-corrected chi connectivity index (χ3v) is 4.22. The number of hydrogen-bond acceptors (Lipinski definition) is 3. The lowest BCUT2D eigenvalue weighted by Crippen LogP contribution is -2.20. The summed E-state index contributed by atoms with van der Waals surface area (Å²) >= 11 is 0. The first-order valence-corrected chi connectivity index (χ1v) is 6.83. The van der Waals surface area contributed by atoms with Gasteiger partial charge in [0.25, 0.3) is 15.9 Å². The monoisotopic (exact) mass is 259 g/mol. The van der Waals surface area contributed by atoms with Gasteiger partial charge in [-0.05, 0) is 23.3 Å². The summed E-state index contributed by atoms with van der Waals surface area (Å²) in [6.07, 6.45) is 0. The molecule has 0 atom stereocenters. The number of amides is 1. The molecule has 0 aliphatic carbocycles. The molecule has 1 aliphatic rings. The van der Waals surface area contributed by atoms with Crippen molar-refractivity contribution in [2.24, 2.45) is 0 Å². The lowest BCUT2D eigenvalue weighted by atomic mass is 10.0. The van der Waals surface area contributed by atoms with Crippen molar-refractivity contribution in [3.8, 4) is 11.1 Å². The van der Waals surface area contributed by atoms with Crippen LogP contribution in [-0.4, -0.2) is 14.3 Å². The predicted octanol–water partition coefficient (Wildman–Crippen LogP) is 1.79. The minimum absolute atomic E-state index is 0.0499. The van der Waals surface area contributed by atoms with Crippen LogP contribution in [0, 0.1) is 0 Å².